The van der Waals surface area contributed by atoms with Gasteiger partial charge in [-0.15, -0.1) is 0 Å². The maximum atomic E-state index is 13.0. The van der Waals surface area contributed by atoms with E-state index in [2.05, 4.69) is 10.6 Å². The molecule has 0 saturated heterocycles. The summed E-state index contributed by atoms with van der Waals surface area (Å²) in [5.74, 6) is -0.214. The second-order valence-electron chi connectivity index (χ2n) is 2.52. The third-order valence-corrected chi connectivity index (χ3v) is 1.97. The highest BCUT2D eigenvalue weighted by Crippen LogP contribution is 2.04. The lowest BCUT2D eigenvalue weighted by Crippen LogP contribution is -2.32. The van der Waals surface area contributed by atoms with Crippen molar-refractivity contribution in [3.8, 4) is 0 Å². The SMILES string of the molecule is CNC(=S)NCc1ccccc1F. The van der Waals surface area contributed by atoms with Crippen molar-refractivity contribution in [3.05, 3.63) is 35.6 Å². The third kappa shape index (κ3) is 2.99. The van der Waals surface area contributed by atoms with E-state index in [1.165, 1.54) is 6.07 Å². The Balaban J connectivity index is 2.54. The molecule has 0 saturated carbocycles. The first-order chi connectivity index (χ1) is 6.24. The van der Waals surface area contributed by atoms with Crippen LogP contribution in [-0.4, -0.2) is 12.2 Å². The number of benzene rings is 1. The first kappa shape index (κ1) is 9.92. The molecule has 2 nitrogen and oxygen atoms in total. The maximum absolute atomic E-state index is 13.0. The van der Waals surface area contributed by atoms with Crippen LogP contribution in [0.3, 0.4) is 0 Å². The van der Waals surface area contributed by atoms with Gasteiger partial charge in [0.05, 0.1) is 0 Å². The Kier molecular flexibility index (Phi) is 3.64. The first-order valence-electron chi connectivity index (χ1n) is 3.93. The molecular weight excluding hydrogens is 187 g/mol. The van der Waals surface area contributed by atoms with Crippen molar-refractivity contribution < 1.29 is 4.39 Å². The first-order valence-corrected chi connectivity index (χ1v) is 4.34. The van der Waals surface area contributed by atoms with Crippen LogP contribution in [-0.2, 0) is 6.54 Å². The zero-order chi connectivity index (χ0) is 9.68. The van der Waals surface area contributed by atoms with Crippen LogP contribution in [0.2, 0.25) is 0 Å². The van der Waals surface area contributed by atoms with Crippen LogP contribution in [0.4, 0.5) is 4.39 Å². The van der Waals surface area contributed by atoms with Crippen LogP contribution in [0.15, 0.2) is 24.3 Å². The highest BCUT2D eigenvalue weighted by atomic mass is 32.1. The third-order valence-electron chi connectivity index (χ3n) is 1.62. The summed E-state index contributed by atoms with van der Waals surface area (Å²) in [6.45, 7) is 0.409. The molecule has 1 aromatic carbocycles. The summed E-state index contributed by atoms with van der Waals surface area (Å²) in [7, 11) is 1.72. The fourth-order valence-electron chi connectivity index (χ4n) is 0.906. The van der Waals surface area contributed by atoms with E-state index in [0.717, 1.165) is 0 Å². The quantitative estimate of drug-likeness (QED) is 0.703. The van der Waals surface area contributed by atoms with Gasteiger partial charge in [-0.25, -0.2) is 4.39 Å². The van der Waals surface area contributed by atoms with E-state index in [4.69, 9.17) is 12.2 Å². The van der Waals surface area contributed by atoms with E-state index in [-0.39, 0.29) is 5.82 Å². The molecule has 1 aromatic rings. The summed E-state index contributed by atoms with van der Waals surface area (Å²) in [6, 6.07) is 6.61. The Hall–Kier alpha value is -1.16. The van der Waals surface area contributed by atoms with E-state index in [1.807, 2.05) is 0 Å². The van der Waals surface area contributed by atoms with Crippen molar-refractivity contribution in [2.45, 2.75) is 6.54 Å². The number of halogens is 1. The molecule has 70 valence electrons. The predicted molar refractivity (Wildman–Crippen MR) is 54.9 cm³/mol. The lowest BCUT2D eigenvalue weighted by atomic mass is 10.2. The van der Waals surface area contributed by atoms with Crippen LogP contribution >= 0.6 is 12.2 Å². The van der Waals surface area contributed by atoms with E-state index in [9.17, 15) is 4.39 Å². The normalized spacial score (nSPS) is 9.38. The largest absolute Gasteiger partial charge is 0.366 e. The molecule has 0 amide bonds. The van der Waals surface area contributed by atoms with Crippen LogP contribution < -0.4 is 10.6 Å². The van der Waals surface area contributed by atoms with Gasteiger partial charge in [0.2, 0.25) is 0 Å². The number of thiocarbonyl (C=S) groups is 1. The van der Waals surface area contributed by atoms with Gasteiger partial charge in [-0.3, -0.25) is 0 Å². The Morgan fingerprint density at radius 3 is 2.77 bits per heavy atom. The molecule has 0 spiro atoms. The molecule has 0 heterocycles. The molecule has 0 bridgehead atoms. The summed E-state index contributed by atoms with van der Waals surface area (Å²) in [5, 5.41) is 6.14. The van der Waals surface area contributed by atoms with Gasteiger partial charge in [0.15, 0.2) is 5.11 Å². The Labute approximate surface area is 82.2 Å². The molecule has 0 aliphatic heterocycles. The Morgan fingerprint density at radius 2 is 2.15 bits per heavy atom. The lowest BCUT2D eigenvalue weighted by Gasteiger charge is -2.07. The van der Waals surface area contributed by atoms with Crippen LogP contribution in [0.1, 0.15) is 5.56 Å². The molecule has 0 atom stereocenters. The molecule has 1 rings (SSSR count). The summed E-state index contributed by atoms with van der Waals surface area (Å²) in [5.41, 5.74) is 0.611. The molecule has 13 heavy (non-hydrogen) atoms. The number of nitrogens with one attached hydrogen (secondary N) is 2. The van der Waals surface area contributed by atoms with Crippen molar-refractivity contribution in [1.29, 1.82) is 0 Å². The summed E-state index contributed by atoms with van der Waals surface area (Å²) in [6.07, 6.45) is 0. The monoisotopic (exact) mass is 198 g/mol. The number of hydrogen-bond acceptors (Lipinski definition) is 1. The Morgan fingerprint density at radius 1 is 1.46 bits per heavy atom. The summed E-state index contributed by atoms with van der Waals surface area (Å²) < 4.78 is 13.0. The van der Waals surface area contributed by atoms with E-state index in [1.54, 1.807) is 25.2 Å². The minimum absolute atomic E-state index is 0.214. The van der Waals surface area contributed by atoms with Crippen LogP contribution in [0.25, 0.3) is 0 Å². The standard InChI is InChI=1S/C9H11FN2S/c1-11-9(13)12-6-7-4-2-3-5-8(7)10/h2-5H,6H2,1H3,(H2,11,12,13). The van der Waals surface area contributed by atoms with Gasteiger partial charge in [-0.2, -0.15) is 0 Å². The molecule has 0 aliphatic carbocycles. The van der Waals surface area contributed by atoms with Gasteiger partial charge in [0, 0.05) is 19.2 Å². The molecule has 2 N–H and O–H groups in total. The summed E-state index contributed by atoms with van der Waals surface area (Å²) >= 11 is 4.85. The molecule has 0 radical (unpaired) electrons. The van der Waals surface area contributed by atoms with Crippen molar-refractivity contribution in [3.63, 3.8) is 0 Å². The Bertz CT molecular complexity index is 301. The van der Waals surface area contributed by atoms with Gasteiger partial charge in [0.25, 0.3) is 0 Å². The smallest absolute Gasteiger partial charge is 0.166 e. The maximum Gasteiger partial charge on any atom is 0.166 e. The topological polar surface area (TPSA) is 24.1 Å². The molecule has 0 aromatic heterocycles. The van der Waals surface area contributed by atoms with E-state index in [0.29, 0.717) is 17.2 Å². The highest BCUT2D eigenvalue weighted by molar-refractivity contribution is 7.80. The van der Waals surface area contributed by atoms with E-state index < -0.39 is 0 Å². The molecule has 0 unspecified atom stereocenters. The minimum atomic E-state index is -0.214. The van der Waals surface area contributed by atoms with Crippen molar-refractivity contribution >= 4 is 17.3 Å². The zero-order valence-electron chi connectivity index (χ0n) is 7.30. The van der Waals surface area contributed by atoms with Gasteiger partial charge in [0.1, 0.15) is 5.82 Å². The van der Waals surface area contributed by atoms with Gasteiger partial charge >= 0.3 is 0 Å². The minimum Gasteiger partial charge on any atom is -0.366 e. The van der Waals surface area contributed by atoms with Gasteiger partial charge < -0.3 is 10.6 Å². The second-order valence-corrected chi connectivity index (χ2v) is 2.93. The van der Waals surface area contributed by atoms with Gasteiger partial charge in [-0.1, -0.05) is 18.2 Å². The van der Waals surface area contributed by atoms with Crippen molar-refractivity contribution in [2.24, 2.45) is 0 Å². The van der Waals surface area contributed by atoms with E-state index >= 15 is 0 Å². The molecule has 4 heteroatoms. The van der Waals surface area contributed by atoms with Crippen LogP contribution in [0, 0.1) is 5.82 Å². The van der Waals surface area contributed by atoms with Crippen LogP contribution in [0.5, 0.6) is 0 Å². The second kappa shape index (κ2) is 4.77. The molecule has 0 aliphatic rings. The van der Waals surface area contributed by atoms with Crippen molar-refractivity contribution in [1.82, 2.24) is 10.6 Å². The van der Waals surface area contributed by atoms with Gasteiger partial charge in [-0.05, 0) is 18.3 Å². The average Bonchev–Trinajstić information content (AvgIpc) is 2.16. The zero-order valence-corrected chi connectivity index (χ0v) is 8.12. The number of hydrogen-bond donors (Lipinski definition) is 2. The molecule has 0 fully saturated rings. The fraction of sp³-hybridized carbons (Fsp3) is 0.222. The molecular formula is C9H11FN2S. The summed E-state index contributed by atoms with van der Waals surface area (Å²) in [4.78, 5) is 0. The predicted octanol–water partition coefficient (Wildman–Crippen LogP) is 1.42. The fourth-order valence-corrected chi connectivity index (χ4v) is 0.978. The number of rotatable bonds is 2. The lowest BCUT2D eigenvalue weighted by molar-refractivity contribution is 0.606. The average molecular weight is 198 g/mol. The van der Waals surface area contributed by atoms with Crippen molar-refractivity contribution in [2.75, 3.05) is 7.05 Å². The highest BCUT2D eigenvalue weighted by Gasteiger charge is 1.99.